The van der Waals surface area contributed by atoms with Crippen molar-refractivity contribution in [3.8, 4) is 0 Å². The number of aliphatic hydroxyl groups excluding tert-OH is 1. The lowest BCUT2D eigenvalue weighted by Gasteiger charge is -2.13. The van der Waals surface area contributed by atoms with Gasteiger partial charge in [0.15, 0.2) is 0 Å². The molecule has 116 valence electrons. The van der Waals surface area contributed by atoms with Crippen molar-refractivity contribution in [2.24, 2.45) is 0 Å². The third kappa shape index (κ3) is 5.02. The summed E-state index contributed by atoms with van der Waals surface area (Å²) >= 11 is 5.74. The highest BCUT2D eigenvalue weighted by Crippen LogP contribution is 2.12. The van der Waals surface area contributed by atoms with Crippen LogP contribution >= 0.6 is 11.6 Å². The normalized spacial score (nSPS) is 11.8. The van der Waals surface area contributed by atoms with Gasteiger partial charge in [-0.15, -0.1) is 0 Å². The zero-order valence-electron chi connectivity index (χ0n) is 12.2. The number of nitrogens with one attached hydrogen (secondary N) is 2. The number of halogens is 1. The third-order valence-electron chi connectivity index (χ3n) is 3.14. The summed E-state index contributed by atoms with van der Waals surface area (Å²) in [6.45, 7) is 2.42. The molecule has 5 nitrogen and oxygen atoms in total. The van der Waals surface area contributed by atoms with E-state index >= 15 is 0 Å². The van der Waals surface area contributed by atoms with Crippen LogP contribution in [-0.4, -0.2) is 22.7 Å². The van der Waals surface area contributed by atoms with Crippen LogP contribution in [0.4, 0.5) is 4.79 Å². The Balaban J connectivity index is 1.75. The molecule has 0 saturated heterocycles. The summed E-state index contributed by atoms with van der Waals surface area (Å²) in [4.78, 5) is 15.8. The van der Waals surface area contributed by atoms with Crippen molar-refractivity contribution in [2.45, 2.75) is 19.6 Å². The summed E-state index contributed by atoms with van der Waals surface area (Å²) in [5.41, 5.74) is 2.60. The van der Waals surface area contributed by atoms with Crippen molar-refractivity contribution in [1.82, 2.24) is 15.6 Å². The van der Waals surface area contributed by atoms with Gasteiger partial charge in [-0.25, -0.2) is 4.79 Å². The Labute approximate surface area is 134 Å². The van der Waals surface area contributed by atoms with Crippen LogP contribution in [0, 0.1) is 6.92 Å². The molecule has 1 atom stereocenters. The molecular formula is C16H18ClN3O2. The molecule has 2 aromatic rings. The van der Waals surface area contributed by atoms with Gasteiger partial charge in [-0.3, -0.25) is 4.98 Å². The number of nitrogens with zero attached hydrogens (tertiary/aromatic N) is 1. The minimum absolute atomic E-state index is 0.142. The fourth-order valence-corrected chi connectivity index (χ4v) is 1.95. The Morgan fingerprint density at radius 2 is 1.95 bits per heavy atom. The Hall–Kier alpha value is -2.11. The molecule has 0 fully saturated rings. The molecule has 0 bridgehead atoms. The van der Waals surface area contributed by atoms with Crippen molar-refractivity contribution in [2.75, 3.05) is 6.54 Å². The van der Waals surface area contributed by atoms with Crippen molar-refractivity contribution in [3.05, 3.63) is 64.4 Å². The largest absolute Gasteiger partial charge is 0.387 e. The molecule has 2 amide bonds. The summed E-state index contributed by atoms with van der Waals surface area (Å²) in [6, 6.07) is 10.6. The quantitative estimate of drug-likeness (QED) is 0.793. The van der Waals surface area contributed by atoms with Crippen LogP contribution in [0.3, 0.4) is 0 Å². The second-order valence-electron chi connectivity index (χ2n) is 4.96. The third-order valence-corrected chi connectivity index (χ3v) is 3.36. The molecule has 1 aromatic carbocycles. The Kier molecular flexibility index (Phi) is 5.75. The zero-order valence-corrected chi connectivity index (χ0v) is 13.0. The maximum absolute atomic E-state index is 11.7. The van der Waals surface area contributed by atoms with Crippen LogP contribution in [0.25, 0.3) is 0 Å². The van der Waals surface area contributed by atoms with Gasteiger partial charge >= 0.3 is 6.03 Å². The van der Waals surface area contributed by atoms with Gasteiger partial charge < -0.3 is 15.7 Å². The van der Waals surface area contributed by atoms with Gasteiger partial charge in [-0.1, -0.05) is 41.4 Å². The topological polar surface area (TPSA) is 74.2 Å². The van der Waals surface area contributed by atoms with E-state index in [4.69, 9.17) is 11.6 Å². The Bertz CT molecular complexity index is 614. The molecule has 0 radical (unpaired) electrons. The fourth-order valence-electron chi connectivity index (χ4n) is 1.84. The number of pyridine rings is 1. The van der Waals surface area contributed by atoms with Gasteiger partial charge in [-0.2, -0.15) is 0 Å². The van der Waals surface area contributed by atoms with Crippen molar-refractivity contribution in [1.29, 1.82) is 0 Å². The van der Waals surface area contributed by atoms with Gasteiger partial charge in [0.05, 0.1) is 23.4 Å². The van der Waals surface area contributed by atoms with E-state index in [0.717, 1.165) is 11.1 Å². The number of hydrogen-bond acceptors (Lipinski definition) is 3. The molecule has 22 heavy (non-hydrogen) atoms. The molecule has 0 aliphatic heterocycles. The summed E-state index contributed by atoms with van der Waals surface area (Å²) in [5, 5.41) is 15.8. The first-order valence-corrected chi connectivity index (χ1v) is 7.29. The predicted molar refractivity (Wildman–Crippen MR) is 85.6 cm³/mol. The zero-order chi connectivity index (χ0) is 15.9. The fraction of sp³-hybridized carbons (Fsp3) is 0.250. The first-order chi connectivity index (χ1) is 10.5. The van der Waals surface area contributed by atoms with Gasteiger partial charge in [-0.05, 0) is 24.6 Å². The second-order valence-corrected chi connectivity index (χ2v) is 5.39. The second kappa shape index (κ2) is 7.77. The van der Waals surface area contributed by atoms with E-state index in [0.29, 0.717) is 17.3 Å². The lowest BCUT2D eigenvalue weighted by atomic mass is 10.1. The number of rotatable bonds is 5. The monoisotopic (exact) mass is 319 g/mol. The van der Waals surface area contributed by atoms with Crippen LogP contribution in [0.15, 0.2) is 42.6 Å². The molecule has 1 heterocycles. The molecule has 0 aliphatic carbocycles. The maximum atomic E-state index is 11.7. The van der Waals surface area contributed by atoms with E-state index in [-0.39, 0.29) is 12.6 Å². The number of aliphatic hydroxyl groups is 1. The minimum Gasteiger partial charge on any atom is -0.387 e. The molecule has 3 N–H and O–H groups in total. The first-order valence-electron chi connectivity index (χ1n) is 6.91. The number of benzene rings is 1. The highest BCUT2D eigenvalue weighted by atomic mass is 35.5. The van der Waals surface area contributed by atoms with Crippen molar-refractivity contribution >= 4 is 17.6 Å². The van der Waals surface area contributed by atoms with E-state index in [1.807, 2.05) is 31.2 Å². The smallest absolute Gasteiger partial charge is 0.315 e. The SMILES string of the molecule is Cc1ccc(C(O)CNC(=O)NCc2ccc(Cl)cn2)cc1. The highest BCUT2D eigenvalue weighted by Gasteiger charge is 2.09. The van der Waals surface area contributed by atoms with E-state index in [1.165, 1.54) is 6.20 Å². The maximum Gasteiger partial charge on any atom is 0.315 e. The number of amides is 2. The number of aromatic nitrogens is 1. The van der Waals surface area contributed by atoms with Crippen LogP contribution in [0.1, 0.15) is 22.9 Å². The van der Waals surface area contributed by atoms with Gasteiger partial charge in [0.2, 0.25) is 0 Å². The summed E-state index contributed by atoms with van der Waals surface area (Å²) < 4.78 is 0. The molecule has 2 rings (SSSR count). The van der Waals surface area contributed by atoms with Crippen molar-refractivity contribution in [3.63, 3.8) is 0 Å². The summed E-state index contributed by atoms with van der Waals surface area (Å²) in [7, 11) is 0. The summed E-state index contributed by atoms with van der Waals surface area (Å²) in [6.07, 6.45) is 0.789. The molecule has 0 aliphatic rings. The van der Waals surface area contributed by atoms with Crippen molar-refractivity contribution < 1.29 is 9.90 Å². The number of aryl methyl sites for hydroxylation is 1. The number of hydrogen-bond donors (Lipinski definition) is 3. The highest BCUT2D eigenvalue weighted by molar-refractivity contribution is 6.30. The van der Waals surface area contributed by atoms with Crippen LogP contribution < -0.4 is 10.6 Å². The minimum atomic E-state index is -0.736. The standard InChI is InChI=1S/C16H18ClN3O2/c1-11-2-4-12(5-3-11)15(21)10-20-16(22)19-9-14-7-6-13(17)8-18-14/h2-8,15,21H,9-10H2,1H3,(H2,19,20,22). The average Bonchev–Trinajstić information content (AvgIpc) is 2.52. The molecule has 6 heteroatoms. The van der Waals surface area contributed by atoms with Crippen LogP contribution in [-0.2, 0) is 6.54 Å². The molecule has 0 spiro atoms. The lowest BCUT2D eigenvalue weighted by molar-refractivity contribution is 0.173. The predicted octanol–water partition coefficient (Wildman–Crippen LogP) is 2.58. The van der Waals surface area contributed by atoms with Gasteiger partial charge in [0.25, 0.3) is 0 Å². The number of carbonyl (C=O) groups is 1. The number of urea groups is 1. The Morgan fingerprint density at radius 1 is 1.23 bits per heavy atom. The lowest BCUT2D eigenvalue weighted by Crippen LogP contribution is -2.37. The summed E-state index contributed by atoms with van der Waals surface area (Å²) in [5.74, 6) is 0. The molecular weight excluding hydrogens is 302 g/mol. The van der Waals surface area contributed by atoms with Gasteiger partial charge in [0.1, 0.15) is 0 Å². The molecule has 1 aromatic heterocycles. The van der Waals surface area contributed by atoms with E-state index in [9.17, 15) is 9.90 Å². The first kappa shape index (κ1) is 16.3. The molecule has 1 unspecified atom stereocenters. The molecule has 0 saturated carbocycles. The van der Waals surface area contributed by atoms with Gasteiger partial charge in [0, 0.05) is 12.7 Å². The average molecular weight is 320 g/mol. The Morgan fingerprint density at radius 3 is 2.59 bits per heavy atom. The van der Waals surface area contributed by atoms with Crippen LogP contribution in [0.5, 0.6) is 0 Å². The van der Waals surface area contributed by atoms with E-state index in [2.05, 4.69) is 15.6 Å². The van der Waals surface area contributed by atoms with E-state index in [1.54, 1.807) is 12.1 Å². The number of carbonyl (C=O) groups excluding carboxylic acids is 1. The van der Waals surface area contributed by atoms with E-state index < -0.39 is 6.10 Å². The van der Waals surface area contributed by atoms with Crippen LogP contribution in [0.2, 0.25) is 5.02 Å².